The maximum absolute atomic E-state index is 5.49. The molecule has 0 amide bonds. The Morgan fingerprint density at radius 3 is 2.93 bits per heavy atom. The molecule has 0 bridgehead atoms. The van der Waals surface area contributed by atoms with Crippen LogP contribution in [0.3, 0.4) is 0 Å². The van der Waals surface area contributed by atoms with E-state index in [0.29, 0.717) is 5.82 Å². The van der Waals surface area contributed by atoms with Gasteiger partial charge in [-0.2, -0.15) is 0 Å². The number of aromatic nitrogens is 1. The monoisotopic (exact) mass is 222 g/mol. The molecule has 70 valence electrons. The third kappa shape index (κ3) is 1.13. The molecule has 0 fully saturated rings. The van der Waals surface area contributed by atoms with Crippen LogP contribution in [0, 0.1) is 0 Å². The molecule has 0 spiro atoms. The predicted octanol–water partition coefficient (Wildman–Crippen LogP) is 3.20. The Hall–Kier alpha value is -1.33. The summed E-state index contributed by atoms with van der Waals surface area (Å²) in [4.78, 5) is 1.08. The number of hydrogen-bond donors (Lipinski definition) is 1. The summed E-state index contributed by atoms with van der Waals surface area (Å²) < 4.78 is 7.64. The smallest absolute Gasteiger partial charge is 0.179 e. The molecule has 0 aromatic carbocycles. The van der Waals surface area contributed by atoms with Crippen LogP contribution in [0.5, 0.6) is 0 Å². The molecule has 3 nitrogen and oxygen atoms in total. The topological polar surface area (TPSA) is 52.0 Å². The van der Waals surface area contributed by atoms with Crippen molar-refractivity contribution in [2.75, 3.05) is 5.73 Å². The summed E-state index contributed by atoms with van der Waals surface area (Å²) in [6, 6.07) is 5.95. The third-order valence-corrected chi connectivity index (χ3v) is 4.02. The zero-order valence-corrected chi connectivity index (χ0v) is 8.69. The van der Waals surface area contributed by atoms with Crippen LogP contribution in [0.15, 0.2) is 28.1 Å². The van der Waals surface area contributed by atoms with E-state index < -0.39 is 0 Å². The van der Waals surface area contributed by atoms with E-state index in [0.717, 1.165) is 10.6 Å². The molecule has 0 aliphatic rings. The van der Waals surface area contributed by atoms with E-state index in [9.17, 15) is 0 Å². The van der Waals surface area contributed by atoms with Gasteiger partial charge < -0.3 is 10.3 Å². The van der Waals surface area contributed by atoms with Gasteiger partial charge in [-0.25, -0.2) is 0 Å². The minimum Gasteiger partial charge on any atom is -0.381 e. The van der Waals surface area contributed by atoms with Gasteiger partial charge in [0.2, 0.25) is 0 Å². The summed E-state index contributed by atoms with van der Waals surface area (Å²) in [5.41, 5.74) is 5.49. The van der Waals surface area contributed by atoms with Crippen LogP contribution in [-0.2, 0) is 0 Å². The van der Waals surface area contributed by atoms with Crippen molar-refractivity contribution >= 4 is 37.9 Å². The number of hydrogen-bond acceptors (Lipinski definition) is 5. The van der Waals surface area contributed by atoms with Crippen molar-refractivity contribution in [2.24, 2.45) is 0 Å². The largest absolute Gasteiger partial charge is 0.381 e. The number of rotatable bonds is 1. The average molecular weight is 222 g/mol. The van der Waals surface area contributed by atoms with Gasteiger partial charge in [-0.05, 0) is 17.5 Å². The van der Waals surface area contributed by atoms with E-state index in [1.807, 2.05) is 0 Å². The van der Waals surface area contributed by atoms with Gasteiger partial charge in [0.15, 0.2) is 11.6 Å². The van der Waals surface area contributed by atoms with Gasteiger partial charge >= 0.3 is 0 Å². The maximum atomic E-state index is 5.49. The molecule has 0 atom stereocenters. The molecule has 0 aliphatic heterocycles. The Morgan fingerprint density at radius 2 is 2.21 bits per heavy atom. The summed E-state index contributed by atoms with van der Waals surface area (Å²) >= 11 is 3.42. The molecule has 3 aromatic heterocycles. The van der Waals surface area contributed by atoms with Crippen LogP contribution in [-0.4, -0.2) is 5.16 Å². The molecule has 0 saturated carbocycles. The van der Waals surface area contributed by atoms with Gasteiger partial charge in [-0.3, -0.25) is 0 Å². The fourth-order valence-electron chi connectivity index (χ4n) is 1.29. The molecule has 3 heterocycles. The van der Waals surface area contributed by atoms with E-state index in [4.69, 9.17) is 10.3 Å². The van der Waals surface area contributed by atoms with Crippen molar-refractivity contribution in [3.63, 3.8) is 0 Å². The summed E-state index contributed by atoms with van der Waals surface area (Å²) in [5, 5.41) is 5.74. The fourth-order valence-corrected chi connectivity index (χ4v) is 3.35. The molecular weight excluding hydrogens is 216 g/mol. The summed E-state index contributed by atoms with van der Waals surface area (Å²) in [5.74, 6) is 1.17. The van der Waals surface area contributed by atoms with Crippen molar-refractivity contribution in [1.82, 2.24) is 5.16 Å². The average Bonchev–Trinajstić information content (AvgIpc) is 2.75. The first-order chi connectivity index (χ1) is 6.83. The lowest BCUT2D eigenvalue weighted by atomic mass is 10.3. The molecule has 3 rings (SSSR count). The van der Waals surface area contributed by atoms with Gasteiger partial charge in [0.1, 0.15) is 0 Å². The first kappa shape index (κ1) is 8.02. The lowest BCUT2D eigenvalue weighted by Gasteiger charge is -1.83. The van der Waals surface area contributed by atoms with Crippen molar-refractivity contribution in [2.45, 2.75) is 0 Å². The predicted molar refractivity (Wildman–Crippen MR) is 59.6 cm³/mol. The van der Waals surface area contributed by atoms with E-state index in [1.165, 1.54) is 9.40 Å². The molecule has 2 N–H and O–H groups in total. The quantitative estimate of drug-likeness (QED) is 0.688. The van der Waals surface area contributed by atoms with Gasteiger partial charge in [-0.15, -0.1) is 22.7 Å². The molecule has 14 heavy (non-hydrogen) atoms. The molecule has 0 saturated heterocycles. The number of fused-ring (bicyclic) bond motifs is 1. The number of nitrogens with zero attached hydrogens (tertiary/aromatic N) is 1. The lowest BCUT2D eigenvalue weighted by molar-refractivity contribution is 0.436. The Morgan fingerprint density at radius 1 is 1.29 bits per heavy atom. The fraction of sp³-hybridized carbons (Fsp3) is 0. The summed E-state index contributed by atoms with van der Waals surface area (Å²) in [6.45, 7) is 0. The molecule has 5 heteroatoms. The Bertz CT molecular complexity index is 550. The molecule has 0 unspecified atom stereocenters. The maximum Gasteiger partial charge on any atom is 0.179 e. The zero-order chi connectivity index (χ0) is 9.54. The molecule has 0 radical (unpaired) electrons. The Kier molecular flexibility index (Phi) is 1.62. The number of nitrogens with two attached hydrogens (primary N) is 1. The van der Waals surface area contributed by atoms with Crippen LogP contribution < -0.4 is 5.73 Å². The summed E-state index contributed by atoms with van der Waals surface area (Å²) in [7, 11) is 0. The van der Waals surface area contributed by atoms with E-state index in [-0.39, 0.29) is 0 Å². The minimum absolute atomic E-state index is 0.428. The third-order valence-electron chi connectivity index (χ3n) is 1.91. The molecule has 3 aromatic rings. The SMILES string of the molecule is Nc1cc(-c2cc3sccc3s2)on1. The second-order valence-corrected chi connectivity index (χ2v) is 4.91. The first-order valence-corrected chi connectivity index (χ1v) is 5.72. The second-order valence-electron chi connectivity index (χ2n) is 2.88. The van der Waals surface area contributed by atoms with Crippen molar-refractivity contribution < 1.29 is 4.52 Å². The number of thiophene rings is 2. The normalized spacial score (nSPS) is 11.1. The summed E-state index contributed by atoms with van der Waals surface area (Å²) in [6.07, 6.45) is 0. The standard InChI is InChI=1S/C9H6N2OS2/c10-9-3-5(12-11-9)7-4-8-6(14-7)1-2-13-8/h1-4H,(H2,10,11). The Labute approximate surface area is 87.8 Å². The van der Waals surface area contributed by atoms with E-state index >= 15 is 0 Å². The Balaban J connectivity index is 2.18. The van der Waals surface area contributed by atoms with Crippen LogP contribution in [0.1, 0.15) is 0 Å². The van der Waals surface area contributed by atoms with Crippen molar-refractivity contribution in [3.8, 4) is 10.6 Å². The van der Waals surface area contributed by atoms with Gasteiger partial charge in [-0.1, -0.05) is 5.16 Å². The zero-order valence-electron chi connectivity index (χ0n) is 7.06. The number of nitrogen functional groups attached to an aromatic ring is 1. The minimum atomic E-state index is 0.428. The van der Waals surface area contributed by atoms with Crippen molar-refractivity contribution in [1.29, 1.82) is 0 Å². The van der Waals surface area contributed by atoms with E-state index in [1.54, 1.807) is 28.7 Å². The highest BCUT2D eigenvalue weighted by Crippen LogP contribution is 2.36. The van der Waals surface area contributed by atoms with Gasteiger partial charge in [0.05, 0.1) is 4.88 Å². The van der Waals surface area contributed by atoms with Crippen LogP contribution in [0.25, 0.3) is 20.0 Å². The lowest BCUT2D eigenvalue weighted by Crippen LogP contribution is -1.79. The highest BCUT2D eigenvalue weighted by Gasteiger charge is 2.09. The highest BCUT2D eigenvalue weighted by atomic mass is 32.1. The first-order valence-electron chi connectivity index (χ1n) is 4.02. The van der Waals surface area contributed by atoms with Crippen LogP contribution in [0.4, 0.5) is 5.82 Å². The number of anilines is 1. The molecule has 0 aliphatic carbocycles. The van der Waals surface area contributed by atoms with E-state index in [2.05, 4.69) is 22.7 Å². The van der Waals surface area contributed by atoms with Crippen molar-refractivity contribution in [3.05, 3.63) is 23.6 Å². The second kappa shape index (κ2) is 2.83. The van der Waals surface area contributed by atoms with Crippen LogP contribution >= 0.6 is 22.7 Å². The van der Waals surface area contributed by atoms with Crippen LogP contribution in [0.2, 0.25) is 0 Å². The molecular formula is C9H6N2OS2. The highest BCUT2D eigenvalue weighted by molar-refractivity contribution is 7.28. The van der Waals surface area contributed by atoms with Gasteiger partial charge in [0.25, 0.3) is 0 Å². The van der Waals surface area contributed by atoms with Gasteiger partial charge in [0, 0.05) is 15.5 Å².